The molecule has 12 heavy (non-hydrogen) atoms. The molecular weight excluding hydrogens is 239 g/mol. The normalized spacial score (nSPS) is 14.2. The predicted molar refractivity (Wildman–Crippen MR) is 53.1 cm³/mol. The molecule has 1 aliphatic heterocycles. The summed E-state index contributed by atoms with van der Waals surface area (Å²) in [7, 11) is 0. The van der Waals surface area contributed by atoms with Crippen molar-refractivity contribution in [2.24, 2.45) is 0 Å². The molecule has 0 N–H and O–H groups in total. The zero-order valence-corrected chi connectivity index (χ0v) is 9.00. The Morgan fingerprint density at radius 1 is 1.58 bits per heavy atom. The molecule has 3 heteroatoms. The summed E-state index contributed by atoms with van der Waals surface area (Å²) in [6.45, 7) is 2.73. The topological polar surface area (TPSA) is 9.23 Å². The van der Waals surface area contributed by atoms with Gasteiger partial charge < -0.3 is 4.74 Å². The van der Waals surface area contributed by atoms with Gasteiger partial charge in [-0.2, -0.15) is 0 Å². The maximum absolute atomic E-state index is 6.06. The zero-order chi connectivity index (χ0) is 8.72. The fraction of sp³-hybridized carbons (Fsp3) is 0.333. The Balaban J connectivity index is 2.69. The smallest absolute Gasteiger partial charge is 0.142 e. The lowest BCUT2D eigenvalue weighted by atomic mass is 10.1. The molecule has 1 aliphatic rings. The van der Waals surface area contributed by atoms with Gasteiger partial charge in [0.05, 0.1) is 11.6 Å². The van der Waals surface area contributed by atoms with Crippen LogP contribution in [0.25, 0.3) is 0 Å². The Kier molecular flexibility index (Phi) is 2.05. The highest BCUT2D eigenvalue weighted by Gasteiger charge is 2.19. The SMILES string of the molecule is Cc1cc(Br)c2c(c1Cl)OCC2. The molecule has 1 aromatic carbocycles. The number of fused-ring (bicyclic) bond motifs is 1. The van der Waals surface area contributed by atoms with Crippen molar-refractivity contribution in [3.05, 3.63) is 26.7 Å². The van der Waals surface area contributed by atoms with Crippen LogP contribution in [0, 0.1) is 6.92 Å². The van der Waals surface area contributed by atoms with Crippen molar-refractivity contribution in [2.75, 3.05) is 6.61 Å². The van der Waals surface area contributed by atoms with Crippen LogP contribution < -0.4 is 4.74 Å². The summed E-state index contributed by atoms with van der Waals surface area (Å²) < 4.78 is 6.54. The zero-order valence-electron chi connectivity index (χ0n) is 6.66. The quantitative estimate of drug-likeness (QED) is 0.683. The van der Waals surface area contributed by atoms with E-state index in [1.54, 1.807) is 0 Å². The molecule has 0 saturated carbocycles. The van der Waals surface area contributed by atoms with Crippen LogP contribution >= 0.6 is 27.5 Å². The van der Waals surface area contributed by atoms with E-state index in [0.717, 1.165) is 33.8 Å². The van der Waals surface area contributed by atoms with Gasteiger partial charge in [0.2, 0.25) is 0 Å². The van der Waals surface area contributed by atoms with Crippen LogP contribution in [-0.2, 0) is 6.42 Å². The van der Waals surface area contributed by atoms with E-state index >= 15 is 0 Å². The van der Waals surface area contributed by atoms with Crippen LogP contribution in [0.5, 0.6) is 5.75 Å². The molecule has 1 aromatic rings. The summed E-state index contributed by atoms with van der Waals surface area (Å²) in [4.78, 5) is 0. The second-order valence-electron chi connectivity index (χ2n) is 2.90. The van der Waals surface area contributed by atoms with Crippen LogP contribution in [0.1, 0.15) is 11.1 Å². The summed E-state index contributed by atoms with van der Waals surface area (Å²) in [5, 5.41) is 0.755. The van der Waals surface area contributed by atoms with E-state index in [1.807, 2.05) is 13.0 Å². The van der Waals surface area contributed by atoms with Gasteiger partial charge >= 0.3 is 0 Å². The van der Waals surface area contributed by atoms with E-state index in [-0.39, 0.29) is 0 Å². The Labute approximate surface area is 84.8 Å². The first-order chi connectivity index (χ1) is 5.70. The van der Waals surface area contributed by atoms with Gasteiger partial charge in [0.15, 0.2) is 0 Å². The summed E-state index contributed by atoms with van der Waals surface area (Å²) in [6.07, 6.45) is 0.954. The second-order valence-corrected chi connectivity index (χ2v) is 4.13. The Morgan fingerprint density at radius 3 is 3.08 bits per heavy atom. The number of ether oxygens (including phenoxy) is 1. The minimum atomic E-state index is 0.747. The van der Waals surface area contributed by atoms with Crippen molar-refractivity contribution < 1.29 is 4.74 Å². The molecule has 0 fully saturated rings. The van der Waals surface area contributed by atoms with Gasteiger partial charge in [0, 0.05) is 16.5 Å². The van der Waals surface area contributed by atoms with Gasteiger partial charge in [-0.3, -0.25) is 0 Å². The minimum absolute atomic E-state index is 0.747. The van der Waals surface area contributed by atoms with Gasteiger partial charge in [-0.05, 0) is 18.6 Å². The van der Waals surface area contributed by atoms with E-state index in [0.29, 0.717) is 0 Å². The minimum Gasteiger partial charge on any atom is -0.491 e. The van der Waals surface area contributed by atoms with Crippen LogP contribution in [0.3, 0.4) is 0 Å². The van der Waals surface area contributed by atoms with E-state index < -0.39 is 0 Å². The summed E-state index contributed by atoms with van der Waals surface area (Å²) in [5.41, 5.74) is 2.26. The van der Waals surface area contributed by atoms with Crippen LogP contribution in [0.15, 0.2) is 10.5 Å². The average molecular weight is 248 g/mol. The molecule has 0 aromatic heterocycles. The summed E-state index contributed by atoms with van der Waals surface area (Å²) in [6, 6.07) is 2.04. The second kappa shape index (κ2) is 2.93. The monoisotopic (exact) mass is 246 g/mol. The highest BCUT2D eigenvalue weighted by molar-refractivity contribution is 9.10. The highest BCUT2D eigenvalue weighted by atomic mass is 79.9. The molecule has 1 nitrogen and oxygen atoms in total. The maximum atomic E-state index is 6.06. The lowest BCUT2D eigenvalue weighted by molar-refractivity contribution is 0.357. The molecule has 1 heterocycles. The third kappa shape index (κ3) is 1.14. The van der Waals surface area contributed by atoms with Crippen molar-refractivity contribution in [1.82, 2.24) is 0 Å². The first-order valence-corrected chi connectivity index (χ1v) is 4.97. The van der Waals surface area contributed by atoms with Crippen molar-refractivity contribution in [2.45, 2.75) is 13.3 Å². The van der Waals surface area contributed by atoms with E-state index in [4.69, 9.17) is 16.3 Å². The van der Waals surface area contributed by atoms with Gasteiger partial charge in [0.25, 0.3) is 0 Å². The number of benzene rings is 1. The molecular formula is C9H8BrClO. The average Bonchev–Trinajstić information content (AvgIpc) is 2.48. The third-order valence-corrected chi connectivity index (χ3v) is 3.23. The lowest BCUT2D eigenvalue weighted by Crippen LogP contribution is -1.87. The Morgan fingerprint density at radius 2 is 2.33 bits per heavy atom. The first kappa shape index (κ1) is 8.39. The predicted octanol–water partition coefficient (Wildman–Crippen LogP) is 3.35. The fourth-order valence-electron chi connectivity index (χ4n) is 1.40. The molecule has 2 rings (SSSR count). The van der Waals surface area contributed by atoms with Crippen molar-refractivity contribution in [3.8, 4) is 5.75 Å². The van der Waals surface area contributed by atoms with Crippen LogP contribution in [0.2, 0.25) is 5.02 Å². The first-order valence-electron chi connectivity index (χ1n) is 3.80. The molecule has 0 aliphatic carbocycles. The fourth-order valence-corrected chi connectivity index (χ4v) is 2.34. The van der Waals surface area contributed by atoms with E-state index in [2.05, 4.69) is 15.9 Å². The number of hydrogen-bond donors (Lipinski definition) is 0. The number of hydrogen-bond acceptors (Lipinski definition) is 1. The number of rotatable bonds is 0. The molecule has 64 valence electrons. The summed E-state index contributed by atoms with van der Waals surface area (Å²) in [5.74, 6) is 0.864. The molecule has 0 atom stereocenters. The number of aryl methyl sites for hydroxylation is 1. The molecule has 0 amide bonds. The molecule has 0 spiro atoms. The van der Waals surface area contributed by atoms with Gasteiger partial charge in [-0.15, -0.1) is 0 Å². The van der Waals surface area contributed by atoms with Crippen molar-refractivity contribution in [1.29, 1.82) is 0 Å². The molecule has 0 bridgehead atoms. The van der Waals surface area contributed by atoms with Crippen molar-refractivity contribution in [3.63, 3.8) is 0 Å². The van der Waals surface area contributed by atoms with Crippen molar-refractivity contribution >= 4 is 27.5 Å². The van der Waals surface area contributed by atoms with Crippen LogP contribution in [0.4, 0.5) is 0 Å². The van der Waals surface area contributed by atoms with Gasteiger partial charge in [0.1, 0.15) is 5.75 Å². The summed E-state index contributed by atoms with van der Waals surface area (Å²) >= 11 is 9.56. The molecule has 0 radical (unpaired) electrons. The van der Waals surface area contributed by atoms with Crippen LogP contribution in [-0.4, -0.2) is 6.61 Å². The van der Waals surface area contributed by atoms with E-state index in [1.165, 1.54) is 5.56 Å². The number of halogens is 2. The largest absolute Gasteiger partial charge is 0.491 e. The standard InChI is InChI=1S/C9H8BrClO/c1-5-4-7(10)6-2-3-12-9(6)8(5)11/h4H,2-3H2,1H3. The lowest BCUT2D eigenvalue weighted by Gasteiger charge is -2.06. The maximum Gasteiger partial charge on any atom is 0.142 e. The molecule has 0 unspecified atom stereocenters. The third-order valence-electron chi connectivity index (χ3n) is 2.05. The Bertz CT molecular complexity index is 336. The highest BCUT2D eigenvalue weighted by Crippen LogP contribution is 2.40. The van der Waals surface area contributed by atoms with Gasteiger partial charge in [-0.1, -0.05) is 27.5 Å². The Hall–Kier alpha value is -0.210. The van der Waals surface area contributed by atoms with Gasteiger partial charge in [-0.25, -0.2) is 0 Å². The molecule has 0 saturated heterocycles. The van der Waals surface area contributed by atoms with E-state index in [9.17, 15) is 0 Å².